The molecule has 0 unspecified atom stereocenters. The predicted molar refractivity (Wildman–Crippen MR) is 85.2 cm³/mol. The third-order valence-corrected chi connectivity index (χ3v) is 6.51. The molecular formula is C13H17ClN2O2S2. The van der Waals surface area contributed by atoms with Gasteiger partial charge in [0.05, 0.1) is 5.69 Å². The van der Waals surface area contributed by atoms with Crippen molar-refractivity contribution in [1.29, 1.82) is 0 Å². The van der Waals surface area contributed by atoms with Crippen LogP contribution in [-0.2, 0) is 4.74 Å². The van der Waals surface area contributed by atoms with E-state index in [1.165, 1.54) is 11.3 Å². The minimum Gasteiger partial charge on any atom is -0.381 e. The van der Waals surface area contributed by atoms with Crippen LogP contribution in [-0.4, -0.2) is 47.7 Å². The monoisotopic (exact) mass is 332 g/mol. The van der Waals surface area contributed by atoms with Gasteiger partial charge in [0.15, 0.2) is 0 Å². The van der Waals surface area contributed by atoms with Crippen LogP contribution in [0.5, 0.6) is 0 Å². The molecule has 1 aromatic rings. The van der Waals surface area contributed by atoms with Crippen LogP contribution in [0.2, 0.25) is 4.34 Å². The van der Waals surface area contributed by atoms with E-state index in [-0.39, 0.29) is 10.8 Å². The molecule has 2 saturated heterocycles. The van der Waals surface area contributed by atoms with Crippen LogP contribution in [0.4, 0.5) is 10.5 Å². The number of nitrogens with zero attached hydrogens (tertiary/aromatic N) is 1. The molecule has 2 fully saturated rings. The summed E-state index contributed by atoms with van der Waals surface area (Å²) in [6.07, 6.45) is 2.06. The van der Waals surface area contributed by atoms with E-state index in [4.69, 9.17) is 16.3 Å². The first-order chi connectivity index (χ1) is 9.69. The minimum atomic E-state index is -0.0449. The van der Waals surface area contributed by atoms with Crippen molar-refractivity contribution in [2.45, 2.75) is 17.6 Å². The molecule has 0 bridgehead atoms. The second kappa shape index (κ2) is 6.13. The van der Waals surface area contributed by atoms with Gasteiger partial charge in [-0.25, -0.2) is 4.79 Å². The summed E-state index contributed by atoms with van der Waals surface area (Å²) < 4.78 is 6.26. The van der Waals surface area contributed by atoms with Crippen LogP contribution < -0.4 is 5.32 Å². The maximum absolute atomic E-state index is 12.4. The molecule has 0 atom stereocenters. The highest BCUT2D eigenvalue weighted by atomic mass is 35.5. The molecule has 0 saturated carbocycles. The normalized spacial score (nSPS) is 21.9. The summed E-state index contributed by atoms with van der Waals surface area (Å²) in [6, 6.07) is 1.80. The van der Waals surface area contributed by atoms with Crippen LogP contribution in [0.15, 0.2) is 11.4 Å². The summed E-state index contributed by atoms with van der Waals surface area (Å²) in [6.45, 7) is 3.20. The van der Waals surface area contributed by atoms with Gasteiger partial charge in [0, 0.05) is 36.8 Å². The SMILES string of the molecule is O=C(Nc1ccsc1Cl)N1CCSC2(CCOCC2)C1. The molecule has 3 heterocycles. The maximum Gasteiger partial charge on any atom is 0.321 e. The number of thioether (sulfide) groups is 1. The lowest BCUT2D eigenvalue weighted by atomic mass is 9.98. The molecule has 0 aliphatic carbocycles. The average molecular weight is 333 g/mol. The third-order valence-electron chi connectivity index (χ3n) is 3.80. The van der Waals surface area contributed by atoms with E-state index >= 15 is 0 Å². The highest BCUT2D eigenvalue weighted by Crippen LogP contribution is 2.39. The van der Waals surface area contributed by atoms with Gasteiger partial charge in [-0.15, -0.1) is 11.3 Å². The zero-order valence-corrected chi connectivity index (χ0v) is 13.5. The largest absolute Gasteiger partial charge is 0.381 e. The smallest absolute Gasteiger partial charge is 0.321 e. The van der Waals surface area contributed by atoms with Gasteiger partial charge < -0.3 is 15.0 Å². The van der Waals surface area contributed by atoms with Crippen molar-refractivity contribution in [3.8, 4) is 0 Å². The van der Waals surface area contributed by atoms with Crippen molar-refractivity contribution in [3.63, 3.8) is 0 Å². The Labute approximate surface area is 131 Å². The van der Waals surface area contributed by atoms with Gasteiger partial charge in [0.2, 0.25) is 0 Å². The van der Waals surface area contributed by atoms with Gasteiger partial charge in [0.1, 0.15) is 4.34 Å². The Morgan fingerprint density at radius 1 is 1.45 bits per heavy atom. The molecule has 110 valence electrons. The number of halogens is 1. The van der Waals surface area contributed by atoms with E-state index in [2.05, 4.69) is 5.32 Å². The molecule has 0 radical (unpaired) electrons. The van der Waals surface area contributed by atoms with Crippen molar-refractivity contribution in [2.75, 3.05) is 37.4 Å². The quantitative estimate of drug-likeness (QED) is 0.855. The summed E-state index contributed by atoms with van der Waals surface area (Å²) in [5.74, 6) is 0.991. The number of nitrogens with one attached hydrogen (secondary N) is 1. The highest BCUT2D eigenvalue weighted by molar-refractivity contribution is 8.00. The fourth-order valence-corrected chi connectivity index (χ4v) is 4.92. The average Bonchev–Trinajstić information content (AvgIpc) is 2.85. The van der Waals surface area contributed by atoms with E-state index in [0.29, 0.717) is 10.0 Å². The topological polar surface area (TPSA) is 41.6 Å². The van der Waals surface area contributed by atoms with Gasteiger partial charge in [-0.2, -0.15) is 11.8 Å². The molecule has 2 aliphatic heterocycles. The molecular weight excluding hydrogens is 316 g/mol. The number of carbonyl (C=O) groups is 1. The summed E-state index contributed by atoms with van der Waals surface area (Å²) in [5, 5.41) is 4.79. The standard InChI is InChI=1S/C13H17ClN2O2S2/c14-11-10(1-7-19-11)15-12(17)16-4-8-20-13(9-16)2-5-18-6-3-13/h1,7H,2-6,8-9H2,(H,15,17). The fourth-order valence-electron chi connectivity index (χ4n) is 2.64. The second-order valence-electron chi connectivity index (χ2n) is 5.10. The van der Waals surface area contributed by atoms with Crippen molar-refractivity contribution in [2.24, 2.45) is 0 Å². The Kier molecular flexibility index (Phi) is 4.45. The molecule has 3 rings (SSSR count). The highest BCUT2D eigenvalue weighted by Gasteiger charge is 2.39. The van der Waals surface area contributed by atoms with Gasteiger partial charge in [-0.05, 0) is 24.3 Å². The van der Waals surface area contributed by atoms with Crippen LogP contribution in [0, 0.1) is 0 Å². The van der Waals surface area contributed by atoms with Crippen LogP contribution in [0.25, 0.3) is 0 Å². The lowest BCUT2D eigenvalue weighted by Crippen LogP contribution is -2.52. The van der Waals surface area contributed by atoms with Crippen molar-refractivity contribution < 1.29 is 9.53 Å². The first kappa shape index (κ1) is 14.5. The molecule has 1 spiro atoms. The molecule has 0 aromatic carbocycles. The summed E-state index contributed by atoms with van der Waals surface area (Å²) >= 11 is 9.45. The third kappa shape index (κ3) is 3.08. The Hall–Kier alpha value is -0.430. The number of hydrogen-bond donors (Lipinski definition) is 1. The first-order valence-electron chi connectivity index (χ1n) is 6.69. The number of ether oxygens (including phenoxy) is 1. The Morgan fingerprint density at radius 2 is 2.25 bits per heavy atom. The lowest BCUT2D eigenvalue weighted by Gasteiger charge is -2.44. The summed E-state index contributed by atoms with van der Waals surface area (Å²) in [7, 11) is 0. The molecule has 1 aromatic heterocycles. The number of hydrogen-bond acceptors (Lipinski definition) is 4. The van der Waals surface area contributed by atoms with E-state index < -0.39 is 0 Å². The van der Waals surface area contributed by atoms with E-state index in [1.807, 2.05) is 28.1 Å². The number of thiophene rings is 1. The van der Waals surface area contributed by atoms with Crippen molar-refractivity contribution in [1.82, 2.24) is 4.90 Å². The van der Waals surface area contributed by atoms with E-state index in [9.17, 15) is 4.79 Å². The molecule has 7 heteroatoms. The van der Waals surface area contributed by atoms with Gasteiger partial charge in [-0.1, -0.05) is 11.6 Å². The van der Waals surface area contributed by atoms with Gasteiger partial charge in [0.25, 0.3) is 0 Å². The van der Waals surface area contributed by atoms with Crippen molar-refractivity contribution in [3.05, 3.63) is 15.8 Å². The van der Waals surface area contributed by atoms with Gasteiger partial charge in [-0.3, -0.25) is 0 Å². The summed E-state index contributed by atoms with van der Waals surface area (Å²) in [5.41, 5.74) is 0.709. The number of amides is 2. The zero-order chi connectivity index (χ0) is 14.0. The molecule has 4 nitrogen and oxygen atoms in total. The lowest BCUT2D eigenvalue weighted by molar-refractivity contribution is 0.0678. The fraction of sp³-hybridized carbons (Fsp3) is 0.615. The Balaban J connectivity index is 1.64. The predicted octanol–water partition coefficient (Wildman–Crippen LogP) is 3.53. The van der Waals surface area contributed by atoms with Gasteiger partial charge >= 0.3 is 6.03 Å². The Morgan fingerprint density at radius 3 is 2.95 bits per heavy atom. The number of urea groups is 1. The number of rotatable bonds is 1. The molecule has 2 amide bonds. The molecule has 20 heavy (non-hydrogen) atoms. The van der Waals surface area contributed by atoms with Crippen molar-refractivity contribution >= 4 is 46.4 Å². The summed E-state index contributed by atoms with van der Waals surface area (Å²) in [4.78, 5) is 14.3. The second-order valence-corrected chi connectivity index (χ2v) is 8.18. The maximum atomic E-state index is 12.4. The first-order valence-corrected chi connectivity index (χ1v) is 8.94. The zero-order valence-electron chi connectivity index (χ0n) is 11.1. The minimum absolute atomic E-state index is 0.0449. The Bertz CT molecular complexity index is 483. The van der Waals surface area contributed by atoms with E-state index in [0.717, 1.165) is 44.9 Å². The van der Waals surface area contributed by atoms with Crippen LogP contribution in [0.1, 0.15) is 12.8 Å². The van der Waals surface area contributed by atoms with Crippen LogP contribution >= 0.6 is 34.7 Å². The molecule has 1 N–H and O–H groups in total. The molecule has 2 aliphatic rings. The number of anilines is 1. The number of carbonyl (C=O) groups excluding carboxylic acids is 1. The van der Waals surface area contributed by atoms with E-state index in [1.54, 1.807) is 0 Å². The van der Waals surface area contributed by atoms with Crippen LogP contribution in [0.3, 0.4) is 0 Å².